The van der Waals surface area contributed by atoms with Gasteiger partial charge >= 0.3 is 6.03 Å². The molecule has 22 heavy (non-hydrogen) atoms. The van der Waals surface area contributed by atoms with Crippen molar-refractivity contribution in [3.63, 3.8) is 0 Å². The average molecular weight is 326 g/mol. The van der Waals surface area contributed by atoms with E-state index in [1.54, 1.807) is 18.8 Å². The fourth-order valence-electron chi connectivity index (χ4n) is 1.62. The summed E-state index contributed by atoms with van der Waals surface area (Å²) >= 11 is 1.60. The fraction of sp³-hybridized carbons (Fsp3) is 0.583. The van der Waals surface area contributed by atoms with Crippen LogP contribution in [0.15, 0.2) is 9.05 Å². The second kappa shape index (κ2) is 7.78. The van der Waals surface area contributed by atoms with Crippen molar-refractivity contribution in [2.45, 2.75) is 32.2 Å². The topological polar surface area (TPSA) is 110 Å². The second-order valence-corrected chi connectivity index (χ2v) is 5.38. The number of urea groups is 1. The highest BCUT2D eigenvalue weighted by atomic mass is 32.2. The van der Waals surface area contributed by atoms with Crippen molar-refractivity contribution < 1.29 is 13.8 Å². The Labute approximate surface area is 131 Å². The molecule has 120 valence electrons. The molecule has 10 heteroatoms. The highest BCUT2D eigenvalue weighted by Crippen LogP contribution is 2.05. The molecule has 2 amide bonds. The lowest BCUT2D eigenvalue weighted by molar-refractivity contribution is 0.203. The molecule has 2 aromatic heterocycles. The molecule has 0 aliphatic heterocycles. The highest BCUT2D eigenvalue weighted by Gasteiger charge is 2.14. The van der Waals surface area contributed by atoms with Gasteiger partial charge in [0.2, 0.25) is 11.8 Å². The van der Waals surface area contributed by atoms with Gasteiger partial charge in [0.15, 0.2) is 11.6 Å². The lowest BCUT2D eigenvalue weighted by Crippen LogP contribution is -2.36. The summed E-state index contributed by atoms with van der Waals surface area (Å²) in [5, 5.41) is 10.3. The third-order valence-corrected chi connectivity index (χ3v) is 3.26. The van der Waals surface area contributed by atoms with E-state index in [-0.39, 0.29) is 19.1 Å². The van der Waals surface area contributed by atoms with Crippen LogP contribution in [0.3, 0.4) is 0 Å². The second-order valence-electron chi connectivity index (χ2n) is 4.51. The quantitative estimate of drug-likeness (QED) is 0.808. The van der Waals surface area contributed by atoms with E-state index in [0.29, 0.717) is 35.6 Å². The van der Waals surface area contributed by atoms with Crippen molar-refractivity contribution in [1.82, 2.24) is 30.5 Å². The van der Waals surface area contributed by atoms with Gasteiger partial charge in [-0.1, -0.05) is 17.2 Å². The minimum absolute atomic E-state index is 0.178. The van der Waals surface area contributed by atoms with Crippen molar-refractivity contribution >= 4 is 17.8 Å². The Morgan fingerprint density at radius 3 is 2.59 bits per heavy atom. The molecule has 0 spiro atoms. The molecule has 0 fully saturated rings. The van der Waals surface area contributed by atoms with Gasteiger partial charge in [0.05, 0.1) is 18.8 Å². The molecule has 0 bridgehead atoms. The summed E-state index contributed by atoms with van der Waals surface area (Å²) in [6.07, 6.45) is 2.62. The van der Waals surface area contributed by atoms with Crippen LogP contribution in [-0.2, 0) is 25.3 Å². The van der Waals surface area contributed by atoms with Crippen LogP contribution in [0.2, 0.25) is 0 Å². The molecular formula is C12H18N6O3S. The third kappa shape index (κ3) is 4.45. The maximum Gasteiger partial charge on any atom is 0.317 e. The number of amides is 2. The van der Waals surface area contributed by atoms with Crippen LogP contribution in [0.1, 0.15) is 30.4 Å². The minimum Gasteiger partial charge on any atom is -0.339 e. The first-order valence-corrected chi connectivity index (χ1v) is 8.12. The number of carbonyl (C=O) groups excluding carboxylic acids is 1. The van der Waals surface area contributed by atoms with E-state index in [2.05, 4.69) is 25.6 Å². The van der Waals surface area contributed by atoms with E-state index in [4.69, 9.17) is 9.05 Å². The molecule has 0 saturated carbocycles. The van der Waals surface area contributed by atoms with Gasteiger partial charge in [-0.05, 0) is 6.26 Å². The molecule has 1 N–H and O–H groups in total. The SMILES string of the molecule is CCc1nc(CN(C)C(=O)NCc2nc(CSC)no2)no1. The van der Waals surface area contributed by atoms with Crippen LogP contribution in [0.25, 0.3) is 0 Å². The summed E-state index contributed by atoms with van der Waals surface area (Å²) in [5.74, 6) is 2.68. The van der Waals surface area contributed by atoms with Gasteiger partial charge in [-0.15, -0.1) is 0 Å². The molecule has 0 saturated heterocycles. The van der Waals surface area contributed by atoms with Gasteiger partial charge in [0, 0.05) is 13.5 Å². The zero-order valence-corrected chi connectivity index (χ0v) is 13.5. The molecular weight excluding hydrogens is 308 g/mol. The van der Waals surface area contributed by atoms with E-state index in [0.717, 1.165) is 0 Å². The maximum atomic E-state index is 12.0. The van der Waals surface area contributed by atoms with Gasteiger partial charge in [0.1, 0.15) is 0 Å². The van der Waals surface area contributed by atoms with Gasteiger partial charge in [0.25, 0.3) is 0 Å². The normalized spacial score (nSPS) is 10.7. The van der Waals surface area contributed by atoms with Crippen LogP contribution >= 0.6 is 11.8 Å². The van der Waals surface area contributed by atoms with Crippen molar-refractivity contribution in [2.24, 2.45) is 0 Å². The van der Waals surface area contributed by atoms with E-state index in [1.165, 1.54) is 4.90 Å². The lowest BCUT2D eigenvalue weighted by Gasteiger charge is -2.14. The van der Waals surface area contributed by atoms with Crippen LogP contribution in [0, 0.1) is 0 Å². The summed E-state index contributed by atoms with van der Waals surface area (Å²) in [6.45, 7) is 2.36. The molecule has 0 aliphatic rings. The van der Waals surface area contributed by atoms with Crippen molar-refractivity contribution in [3.05, 3.63) is 23.4 Å². The predicted octanol–water partition coefficient (Wildman–Crippen LogP) is 1.22. The number of rotatable bonds is 7. The van der Waals surface area contributed by atoms with Crippen LogP contribution < -0.4 is 5.32 Å². The van der Waals surface area contributed by atoms with Gasteiger partial charge in [-0.3, -0.25) is 0 Å². The molecule has 0 atom stereocenters. The Bertz CT molecular complexity index is 614. The summed E-state index contributed by atoms with van der Waals surface area (Å²) < 4.78 is 10.0. The van der Waals surface area contributed by atoms with E-state index in [9.17, 15) is 4.79 Å². The number of aryl methyl sites for hydroxylation is 1. The maximum absolute atomic E-state index is 12.0. The summed E-state index contributed by atoms with van der Waals surface area (Å²) in [4.78, 5) is 21.7. The van der Waals surface area contributed by atoms with E-state index >= 15 is 0 Å². The zero-order chi connectivity index (χ0) is 15.9. The Morgan fingerprint density at radius 2 is 1.91 bits per heavy atom. The average Bonchev–Trinajstić information content (AvgIpc) is 3.14. The summed E-state index contributed by atoms with van der Waals surface area (Å²) in [5.41, 5.74) is 0. The largest absolute Gasteiger partial charge is 0.339 e. The number of hydrogen-bond donors (Lipinski definition) is 1. The third-order valence-electron chi connectivity index (χ3n) is 2.71. The Kier molecular flexibility index (Phi) is 5.75. The van der Waals surface area contributed by atoms with Gasteiger partial charge in [-0.2, -0.15) is 21.7 Å². The molecule has 2 heterocycles. The van der Waals surface area contributed by atoms with Crippen molar-refractivity contribution in [3.8, 4) is 0 Å². The molecule has 2 rings (SSSR count). The molecule has 0 unspecified atom stereocenters. The standard InChI is InChI=1S/C12H18N6O3S/c1-4-10-14-8(16-20-10)6-18(2)12(19)13-5-11-15-9(7-22-3)17-21-11/h4-7H2,1-3H3,(H,13,19). The Balaban J connectivity index is 1.80. The monoisotopic (exact) mass is 326 g/mol. The first-order chi connectivity index (χ1) is 10.6. The van der Waals surface area contributed by atoms with Gasteiger partial charge < -0.3 is 19.3 Å². The summed E-state index contributed by atoms with van der Waals surface area (Å²) in [7, 11) is 1.64. The fourth-order valence-corrected chi connectivity index (χ4v) is 1.99. The zero-order valence-electron chi connectivity index (χ0n) is 12.7. The highest BCUT2D eigenvalue weighted by molar-refractivity contribution is 7.97. The van der Waals surface area contributed by atoms with E-state index in [1.807, 2.05) is 13.2 Å². The lowest BCUT2D eigenvalue weighted by atomic mass is 10.5. The number of hydrogen-bond acceptors (Lipinski definition) is 8. The number of nitrogens with zero attached hydrogens (tertiary/aromatic N) is 5. The van der Waals surface area contributed by atoms with Crippen LogP contribution in [-0.4, -0.2) is 44.5 Å². The van der Waals surface area contributed by atoms with Crippen LogP contribution in [0.4, 0.5) is 4.79 Å². The van der Waals surface area contributed by atoms with Crippen molar-refractivity contribution in [2.75, 3.05) is 13.3 Å². The van der Waals surface area contributed by atoms with Crippen molar-refractivity contribution in [1.29, 1.82) is 0 Å². The number of thioether (sulfide) groups is 1. The molecule has 0 radical (unpaired) electrons. The number of carbonyl (C=O) groups is 1. The van der Waals surface area contributed by atoms with Gasteiger partial charge in [-0.25, -0.2) is 4.79 Å². The van der Waals surface area contributed by atoms with E-state index < -0.39 is 0 Å². The number of aromatic nitrogens is 4. The summed E-state index contributed by atoms with van der Waals surface area (Å²) in [6, 6.07) is -0.285. The number of nitrogens with one attached hydrogen (secondary N) is 1. The molecule has 2 aromatic rings. The molecule has 9 nitrogen and oxygen atoms in total. The first-order valence-electron chi connectivity index (χ1n) is 6.73. The Hall–Kier alpha value is -2.10. The first kappa shape index (κ1) is 16.3. The molecule has 0 aromatic carbocycles. The Morgan fingerprint density at radius 1 is 1.23 bits per heavy atom. The minimum atomic E-state index is -0.285. The molecule has 0 aliphatic carbocycles. The predicted molar refractivity (Wildman–Crippen MR) is 78.9 cm³/mol. The smallest absolute Gasteiger partial charge is 0.317 e. The van der Waals surface area contributed by atoms with Crippen LogP contribution in [0.5, 0.6) is 0 Å².